The normalized spacial score (nSPS) is 12.1. The highest BCUT2D eigenvalue weighted by Gasteiger charge is 2.16. The van der Waals surface area contributed by atoms with Crippen LogP contribution in [-0.2, 0) is 0 Å². The van der Waals surface area contributed by atoms with Gasteiger partial charge in [0.25, 0.3) is 5.91 Å². The number of carbonyl (C=O) groups excluding carboxylic acids is 1. The summed E-state index contributed by atoms with van der Waals surface area (Å²) < 4.78 is 5.30. The van der Waals surface area contributed by atoms with E-state index in [2.05, 4.69) is 16.3 Å². The molecular weight excluding hydrogens is 300 g/mol. The second-order valence-corrected chi connectivity index (χ2v) is 6.27. The molecule has 24 heavy (non-hydrogen) atoms. The third kappa shape index (κ3) is 4.36. The van der Waals surface area contributed by atoms with Crippen molar-refractivity contribution in [2.24, 2.45) is 0 Å². The van der Waals surface area contributed by atoms with Crippen LogP contribution in [0, 0.1) is 13.8 Å². The summed E-state index contributed by atoms with van der Waals surface area (Å²) in [7, 11) is 5.67. The van der Waals surface area contributed by atoms with E-state index < -0.39 is 0 Å². The summed E-state index contributed by atoms with van der Waals surface area (Å²) in [6, 6.07) is 13.8. The van der Waals surface area contributed by atoms with E-state index in [1.54, 1.807) is 7.11 Å². The molecule has 0 heterocycles. The topological polar surface area (TPSA) is 41.6 Å². The van der Waals surface area contributed by atoms with Crippen LogP contribution in [0.5, 0.6) is 5.75 Å². The molecule has 0 saturated heterocycles. The number of nitrogens with zero attached hydrogens (tertiary/aromatic N) is 1. The van der Waals surface area contributed by atoms with Crippen molar-refractivity contribution in [3.05, 3.63) is 64.7 Å². The first-order chi connectivity index (χ1) is 11.4. The van der Waals surface area contributed by atoms with E-state index in [0.717, 1.165) is 16.9 Å². The van der Waals surface area contributed by atoms with E-state index in [1.165, 1.54) is 5.56 Å². The molecule has 0 aliphatic rings. The number of carbonyl (C=O) groups is 1. The Kier molecular flexibility index (Phi) is 5.99. The third-order valence-corrected chi connectivity index (χ3v) is 4.33. The number of aryl methyl sites for hydroxylation is 2. The molecule has 2 aromatic rings. The Morgan fingerprint density at radius 3 is 2.50 bits per heavy atom. The molecule has 2 rings (SSSR count). The average Bonchev–Trinajstić information content (AvgIpc) is 2.57. The fraction of sp³-hybridized carbons (Fsp3) is 0.350. The number of methoxy groups -OCH3 is 1. The van der Waals surface area contributed by atoms with Gasteiger partial charge in [0.1, 0.15) is 5.75 Å². The van der Waals surface area contributed by atoms with Crippen molar-refractivity contribution in [3.63, 3.8) is 0 Å². The van der Waals surface area contributed by atoms with Crippen LogP contribution in [0.4, 0.5) is 0 Å². The zero-order valence-electron chi connectivity index (χ0n) is 15.1. The zero-order valence-corrected chi connectivity index (χ0v) is 15.1. The number of ether oxygens (including phenoxy) is 1. The van der Waals surface area contributed by atoms with Crippen LogP contribution in [0.25, 0.3) is 0 Å². The maximum atomic E-state index is 12.4. The fourth-order valence-corrected chi connectivity index (χ4v) is 2.62. The van der Waals surface area contributed by atoms with Gasteiger partial charge in [0.15, 0.2) is 0 Å². The van der Waals surface area contributed by atoms with Gasteiger partial charge in [0.2, 0.25) is 0 Å². The van der Waals surface area contributed by atoms with Crippen LogP contribution in [0.2, 0.25) is 0 Å². The number of rotatable bonds is 6. The summed E-state index contributed by atoms with van der Waals surface area (Å²) >= 11 is 0. The summed E-state index contributed by atoms with van der Waals surface area (Å²) in [5, 5.41) is 3.04. The molecule has 0 bridgehead atoms. The van der Waals surface area contributed by atoms with E-state index in [1.807, 2.05) is 64.3 Å². The Labute approximate surface area is 144 Å². The lowest BCUT2D eigenvalue weighted by atomic mass is 10.0. The molecule has 128 valence electrons. The van der Waals surface area contributed by atoms with Gasteiger partial charge in [0, 0.05) is 12.1 Å². The predicted molar refractivity (Wildman–Crippen MR) is 97.7 cm³/mol. The highest BCUT2D eigenvalue weighted by molar-refractivity contribution is 5.94. The second kappa shape index (κ2) is 7.97. The van der Waals surface area contributed by atoms with E-state index in [0.29, 0.717) is 12.1 Å². The van der Waals surface area contributed by atoms with E-state index in [9.17, 15) is 4.79 Å². The number of benzene rings is 2. The Morgan fingerprint density at radius 2 is 1.88 bits per heavy atom. The lowest BCUT2D eigenvalue weighted by Gasteiger charge is -2.25. The smallest absolute Gasteiger partial charge is 0.251 e. The zero-order chi connectivity index (χ0) is 17.7. The quantitative estimate of drug-likeness (QED) is 0.885. The van der Waals surface area contributed by atoms with Gasteiger partial charge in [-0.05, 0) is 68.9 Å². The maximum absolute atomic E-state index is 12.4. The lowest BCUT2D eigenvalue weighted by Crippen LogP contribution is -2.34. The largest absolute Gasteiger partial charge is 0.497 e. The molecule has 1 amide bonds. The second-order valence-electron chi connectivity index (χ2n) is 6.27. The van der Waals surface area contributed by atoms with Gasteiger partial charge in [-0.15, -0.1) is 0 Å². The molecule has 0 spiro atoms. The van der Waals surface area contributed by atoms with E-state index >= 15 is 0 Å². The third-order valence-electron chi connectivity index (χ3n) is 4.33. The Morgan fingerprint density at radius 1 is 1.12 bits per heavy atom. The maximum Gasteiger partial charge on any atom is 0.251 e. The molecule has 4 nitrogen and oxygen atoms in total. The number of amides is 1. The minimum Gasteiger partial charge on any atom is -0.497 e. The van der Waals surface area contributed by atoms with Crippen molar-refractivity contribution in [2.75, 3.05) is 27.7 Å². The molecule has 0 aliphatic carbocycles. The number of hydrogen-bond donors (Lipinski definition) is 1. The first kappa shape index (κ1) is 18.0. The standard InChI is InChI=1S/C20H26N2O2/c1-14-9-10-17(11-15(14)2)20(23)21-13-19(22(3)4)16-7-6-8-18(12-16)24-5/h6-12,19H,13H2,1-5H3,(H,21,23). The Hall–Kier alpha value is -2.33. The molecular formula is C20H26N2O2. The SMILES string of the molecule is COc1cccc(C(CNC(=O)c2ccc(C)c(C)c2)N(C)C)c1. The molecule has 2 aromatic carbocycles. The van der Waals surface area contributed by atoms with Crippen LogP contribution < -0.4 is 10.1 Å². The lowest BCUT2D eigenvalue weighted by molar-refractivity contribution is 0.0942. The Bertz CT molecular complexity index is 711. The van der Waals surface area contributed by atoms with Gasteiger partial charge in [-0.25, -0.2) is 0 Å². The molecule has 1 N–H and O–H groups in total. The highest BCUT2D eigenvalue weighted by atomic mass is 16.5. The van der Waals surface area contributed by atoms with Gasteiger partial charge in [0.05, 0.1) is 13.2 Å². The van der Waals surface area contributed by atoms with E-state index in [-0.39, 0.29) is 11.9 Å². The van der Waals surface area contributed by atoms with Gasteiger partial charge in [-0.2, -0.15) is 0 Å². The van der Waals surface area contributed by atoms with Gasteiger partial charge in [-0.1, -0.05) is 18.2 Å². The van der Waals surface area contributed by atoms with Crippen LogP contribution in [0.3, 0.4) is 0 Å². The molecule has 0 radical (unpaired) electrons. The van der Waals surface area contributed by atoms with Gasteiger partial charge >= 0.3 is 0 Å². The summed E-state index contributed by atoms with van der Waals surface area (Å²) in [4.78, 5) is 14.5. The molecule has 1 atom stereocenters. The minimum absolute atomic E-state index is 0.0483. The monoisotopic (exact) mass is 326 g/mol. The van der Waals surface area contributed by atoms with Crippen molar-refractivity contribution in [1.82, 2.24) is 10.2 Å². The summed E-state index contributed by atoms with van der Waals surface area (Å²) in [6.45, 7) is 4.60. The Balaban J connectivity index is 2.10. The molecule has 0 aromatic heterocycles. The minimum atomic E-state index is -0.0483. The summed E-state index contributed by atoms with van der Waals surface area (Å²) in [6.07, 6.45) is 0. The van der Waals surface area contributed by atoms with Crippen molar-refractivity contribution in [1.29, 1.82) is 0 Å². The molecule has 0 saturated carbocycles. The molecule has 4 heteroatoms. The average molecular weight is 326 g/mol. The summed E-state index contributed by atoms with van der Waals surface area (Å²) in [5.74, 6) is 0.771. The first-order valence-electron chi connectivity index (χ1n) is 8.08. The van der Waals surface area contributed by atoms with E-state index in [4.69, 9.17) is 4.74 Å². The van der Waals surface area contributed by atoms with Gasteiger partial charge < -0.3 is 15.0 Å². The molecule has 1 unspecified atom stereocenters. The highest BCUT2D eigenvalue weighted by Crippen LogP contribution is 2.22. The molecule has 0 aliphatic heterocycles. The number of nitrogens with one attached hydrogen (secondary N) is 1. The number of hydrogen-bond acceptors (Lipinski definition) is 3. The van der Waals surface area contributed by atoms with Crippen molar-refractivity contribution in [2.45, 2.75) is 19.9 Å². The van der Waals surface area contributed by atoms with Crippen LogP contribution >= 0.6 is 0 Å². The van der Waals surface area contributed by atoms with Crippen LogP contribution in [0.1, 0.15) is 33.1 Å². The molecule has 0 fully saturated rings. The van der Waals surface area contributed by atoms with Crippen molar-refractivity contribution < 1.29 is 9.53 Å². The van der Waals surface area contributed by atoms with Gasteiger partial charge in [-0.3, -0.25) is 4.79 Å². The number of likely N-dealkylation sites (N-methyl/N-ethyl adjacent to an activating group) is 1. The fourth-order valence-electron chi connectivity index (χ4n) is 2.62. The summed E-state index contributed by atoms with van der Waals surface area (Å²) in [5.41, 5.74) is 4.12. The van der Waals surface area contributed by atoms with Crippen molar-refractivity contribution in [3.8, 4) is 5.75 Å². The first-order valence-corrected chi connectivity index (χ1v) is 8.08. The van der Waals surface area contributed by atoms with Crippen LogP contribution in [-0.4, -0.2) is 38.6 Å². The van der Waals surface area contributed by atoms with Crippen LogP contribution in [0.15, 0.2) is 42.5 Å². The van der Waals surface area contributed by atoms with Crippen molar-refractivity contribution >= 4 is 5.91 Å². The predicted octanol–water partition coefficient (Wildman–Crippen LogP) is 3.34.